The van der Waals surface area contributed by atoms with Crippen LogP contribution >= 0.6 is 0 Å². The van der Waals surface area contributed by atoms with Crippen LogP contribution < -0.4 is 9.47 Å². The molecule has 0 saturated heterocycles. The minimum atomic E-state index is -0.129. The van der Waals surface area contributed by atoms with Gasteiger partial charge in [0, 0.05) is 18.7 Å². The first-order valence-electron chi connectivity index (χ1n) is 6.23. The van der Waals surface area contributed by atoms with Gasteiger partial charge in [0.1, 0.15) is 18.1 Å². The Hall–Kier alpha value is -2.41. The van der Waals surface area contributed by atoms with Crippen LogP contribution in [0, 0.1) is 0 Å². The van der Waals surface area contributed by atoms with Crippen LogP contribution in [0.3, 0.4) is 0 Å². The van der Waals surface area contributed by atoms with E-state index < -0.39 is 0 Å². The number of carbonyl (C=O) groups is 1. The Labute approximate surface area is 121 Å². The Morgan fingerprint density at radius 1 is 1.14 bits per heavy atom. The number of nitrogens with zero attached hydrogens (tertiary/aromatic N) is 2. The highest BCUT2D eigenvalue weighted by Crippen LogP contribution is 2.28. The Balaban J connectivity index is 2.22. The lowest BCUT2D eigenvalue weighted by Crippen LogP contribution is -2.09. The molecule has 0 spiro atoms. The molecule has 2 aromatic rings. The van der Waals surface area contributed by atoms with Crippen LogP contribution in [-0.2, 0) is 16.0 Å². The van der Waals surface area contributed by atoms with E-state index in [1.54, 1.807) is 32.4 Å². The number of Topliss-reactive ketones (excluding diaryl/α,β-unsaturated/α-hetero) is 1. The van der Waals surface area contributed by atoms with Gasteiger partial charge in [-0.25, -0.2) is 0 Å². The molecule has 7 nitrogen and oxygen atoms in total. The predicted octanol–water partition coefficient (Wildman–Crippen LogP) is 1.51. The fourth-order valence-corrected chi connectivity index (χ4v) is 1.76. The fraction of sp³-hybridized carbons (Fsp3) is 0.357. The van der Waals surface area contributed by atoms with Crippen LogP contribution in [0.15, 0.2) is 22.7 Å². The second-order valence-electron chi connectivity index (χ2n) is 4.26. The Morgan fingerprint density at radius 2 is 1.81 bits per heavy atom. The highest BCUT2D eigenvalue weighted by molar-refractivity contribution is 5.81. The summed E-state index contributed by atoms with van der Waals surface area (Å²) in [5, 5.41) is 3.86. The van der Waals surface area contributed by atoms with Gasteiger partial charge in [-0.05, 0) is 12.1 Å². The van der Waals surface area contributed by atoms with Gasteiger partial charge in [-0.2, -0.15) is 4.98 Å². The second-order valence-corrected chi connectivity index (χ2v) is 4.26. The first-order chi connectivity index (χ1) is 10.2. The van der Waals surface area contributed by atoms with Gasteiger partial charge in [0.25, 0.3) is 0 Å². The van der Waals surface area contributed by atoms with Crippen molar-refractivity contribution >= 4 is 5.78 Å². The lowest BCUT2D eigenvalue weighted by atomic mass is 10.2. The van der Waals surface area contributed by atoms with Gasteiger partial charge in [-0.3, -0.25) is 4.79 Å². The first kappa shape index (κ1) is 15.0. The molecule has 112 valence electrons. The number of methoxy groups -OCH3 is 3. The number of carbonyl (C=O) groups excluding carboxylic acids is 1. The Morgan fingerprint density at radius 3 is 2.38 bits per heavy atom. The molecule has 0 unspecified atom stereocenters. The van der Waals surface area contributed by atoms with Crippen molar-refractivity contribution in [1.82, 2.24) is 10.1 Å². The van der Waals surface area contributed by atoms with E-state index in [-0.39, 0.29) is 24.7 Å². The summed E-state index contributed by atoms with van der Waals surface area (Å²) < 4.78 is 20.2. The number of hydrogen-bond donors (Lipinski definition) is 0. The molecule has 0 aliphatic carbocycles. The molecule has 0 bridgehead atoms. The first-order valence-corrected chi connectivity index (χ1v) is 6.23. The van der Waals surface area contributed by atoms with E-state index in [2.05, 4.69) is 10.1 Å². The normalized spacial score (nSPS) is 10.4. The number of rotatable bonds is 7. The molecule has 1 heterocycles. The van der Waals surface area contributed by atoms with Gasteiger partial charge in [-0.1, -0.05) is 5.16 Å². The highest BCUT2D eigenvalue weighted by Gasteiger charge is 2.14. The molecule has 2 rings (SSSR count). The van der Waals surface area contributed by atoms with Crippen molar-refractivity contribution in [3.63, 3.8) is 0 Å². The Kier molecular flexibility index (Phi) is 4.89. The summed E-state index contributed by atoms with van der Waals surface area (Å²) in [6.07, 6.45) is 0.0436. The SMILES string of the molecule is COCC(=O)Cc1nc(-c2cc(OC)cc(OC)c2)no1. The van der Waals surface area contributed by atoms with Crippen LogP contribution in [0.25, 0.3) is 11.4 Å². The zero-order valence-electron chi connectivity index (χ0n) is 12.1. The predicted molar refractivity (Wildman–Crippen MR) is 73.4 cm³/mol. The molecule has 21 heavy (non-hydrogen) atoms. The van der Waals surface area contributed by atoms with E-state index in [0.29, 0.717) is 22.9 Å². The molecule has 1 aromatic heterocycles. The van der Waals surface area contributed by atoms with Crippen LogP contribution in [-0.4, -0.2) is 43.9 Å². The summed E-state index contributed by atoms with van der Waals surface area (Å²) in [5.41, 5.74) is 0.681. The topological polar surface area (TPSA) is 83.7 Å². The summed E-state index contributed by atoms with van der Waals surface area (Å²) >= 11 is 0. The number of aromatic nitrogens is 2. The van der Waals surface area contributed by atoms with Gasteiger partial charge in [0.2, 0.25) is 11.7 Å². The molecular formula is C14H16N2O5. The van der Waals surface area contributed by atoms with E-state index in [9.17, 15) is 4.79 Å². The zero-order chi connectivity index (χ0) is 15.2. The lowest BCUT2D eigenvalue weighted by Gasteiger charge is -2.05. The van der Waals surface area contributed by atoms with Gasteiger partial charge >= 0.3 is 0 Å². The van der Waals surface area contributed by atoms with Crippen LogP contribution in [0.2, 0.25) is 0 Å². The maximum absolute atomic E-state index is 11.5. The third kappa shape index (κ3) is 3.79. The highest BCUT2D eigenvalue weighted by atomic mass is 16.5. The van der Waals surface area contributed by atoms with Crippen molar-refractivity contribution < 1.29 is 23.5 Å². The van der Waals surface area contributed by atoms with E-state index >= 15 is 0 Å². The zero-order valence-corrected chi connectivity index (χ0v) is 12.1. The van der Waals surface area contributed by atoms with Crippen molar-refractivity contribution in [3.8, 4) is 22.9 Å². The van der Waals surface area contributed by atoms with Gasteiger partial charge < -0.3 is 18.7 Å². The van der Waals surface area contributed by atoms with E-state index in [0.717, 1.165) is 0 Å². The van der Waals surface area contributed by atoms with Crippen LogP contribution in [0.4, 0.5) is 0 Å². The summed E-state index contributed by atoms with van der Waals surface area (Å²) in [4.78, 5) is 15.7. The monoisotopic (exact) mass is 292 g/mol. The Bertz CT molecular complexity index is 601. The van der Waals surface area contributed by atoms with Crippen molar-refractivity contribution in [2.75, 3.05) is 27.9 Å². The number of ketones is 1. The minimum absolute atomic E-state index is 0.0185. The van der Waals surface area contributed by atoms with Gasteiger partial charge in [0.15, 0.2) is 5.78 Å². The summed E-state index contributed by atoms with van der Waals surface area (Å²) in [5.74, 6) is 1.72. The fourth-order valence-electron chi connectivity index (χ4n) is 1.76. The summed E-state index contributed by atoms with van der Waals surface area (Å²) in [7, 11) is 4.58. The average molecular weight is 292 g/mol. The minimum Gasteiger partial charge on any atom is -0.497 e. The summed E-state index contributed by atoms with van der Waals surface area (Å²) in [6, 6.07) is 5.26. The lowest BCUT2D eigenvalue weighted by molar-refractivity contribution is -0.122. The third-order valence-corrected chi connectivity index (χ3v) is 2.73. The number of benzene rings is 1. The maximum atomic E-state index is 11.5. The van der Waals surface area contributed by atoms with E-state index in [1.807, 2.05) is 0 Å². The van der Waals surface area contributed by atoms with Crippen molar-refractivity contribution in [1.29, 1.82) is 0 Å². The maximum Gasteiger partial charge on any atom is 0.234 e. The molecule has 0 aliphatic heterocycles. The smallest absolute Gasteiger partial charge is 0.234 e. The quantitative estimate of drug-likeness (QED) is 0.764. The van der Waals surface area contributed by atoms with Gasteiger partial charge in [0.05, 0.1) is 20.6 Å². The largest absolute Gasteiger partial charge is 0.497 e. The van der Waals surface area contributed by atoms with Crippen molar-refractivity contribution in [3.05, 3.63) is 24.1 Å². The van der Waals surface area contributed by atoms with Crippen LogP contribution in [0.5, 0.6) is 11.5 Å². The molecule has 0 fully saturated rings. The van der Waals surface area contributed by atoms with Crippen LogP contribution in [0.1, 0.15) is 5.89 Å². The molecule has 0 radical (unpaired) electrons. The molecule has 1 aromatic carbocycles. The molecule has 0 atom stereocenters. The van der Waals surface area contributed by atoms with Crippen molar-refractivity contribution in [2.45, 2.75) is 6.42 Å². The van der Waals surface area contributed by atoms with Gasteiger partial charge in [-0.15, -0.1) is 0 Å². The summed E-state index contributed by atoms with van der Waals surface area (Å²) in [6.45, 7) is 0.0185. The average Bonchev–Trinajstić information content (AvgIpc) is 2.95. The molecular weight excluding hydrogens is 276 g/mol. The number of ether oxygens (including phenoxy) is 3. The van der Waals surface area contributed by atoms with Crippen molar-refractivity contribution in [2.24, 2.45) is 0 Å². The third-order valence-electron chi connectivity index (χ3n) is 2.73. The second kappa shape index (κ2) is 6.85. The van der Waals surface area contributed by atoms with E-state index in [1.165, 1.54) is 7.11 Å². The molecule has 0 N–H and O–H groups in total. The molecule has 0 aliphatic rings. The molecule has 0 amide bonds. The van der Waals surface area contributed by atoms with E-state index in [4.69, 9.17) is 18.7 Å². The standard InChI is InChI=1S/C14H16N2O5/c1-18-8-10(17)6-13-15-14(16-21-13)9-4-11(19-2)7-12(5-9)20-3/h4-5,7H,6,8H2,1-3H3. The number of hydrogen-bond acceptors (Lipinski definition) is 7. The molecule has 0 saturated carbocycles. The molecule has 7 heteroatoms.